The fourth-order valence-corrected chi connectivity index (χ4v) is 5.97. The van der Waals surface area contributed by atoms with E-state index in [9.17, 15) is 23.2 Å². The minimum absolute atomic E-state index is 0.114. The highest BCUT2D eigenvalue weighted by atomic mass is 35.5. The number of halogens is 3. The Morgan fingerprint density at radius 3 is 2.48 bits per heavy atom. The van der Waals surface area contributed by atoms with Crippen LogP contribution >= 0.6 is 11.6 Å². The molecule has 42 heavy (non-hydrogen) atoms. The van der Waals surface area contributed by atoms with Crippen LogP contribution in [-0.2, 0) is 6.54 Å². The minimum Gasteiger partial charge on any atom is -0.349 e. The van der Waals surface area contributed by atoms with E-state index < -0.39 is 18.0 Å². The molecular weight excluding hydrogens is 568 g/mol. The lowest BCUT2D eigenvalue weighted by molar-refractivity contribution is 0.0904. The molecule has 3 amide bonds. The maximum absolute atomic E-state index is 13.7. The molecule has 0 atom stereocenters. The largest absolute Gasteiger partial charge is 0.349 e. The second kappa shape index (κ2) is 11.5. The lowest BCUT2D eigenvalue weighted by Gasteiger charge is -2.29. The van der Waals surface area contributed by atoms with Gasteiger partial charge in [-0.1, -0.05) is 23.7 Å². The number of aromatic nitrogens is 4. The summed E-state index contributed by atoms with van der Waals surface area (Å²) in [6.07, 6.45) is 2.61. The van der Waals surface area contributed by atoms with Crippen LogP contribution in [0.4, 0.5) is 19.4 Å². The maximum Gasteiger partial charge on any atom is 0.333 e. The van der Waals surface area contributed by atoms with Gasteiger partial charge in [-0.15, -0.1) is 0 Å². The van der Waals surface area contributed by atoms with Gasteiger partial charge >= 0.3 is 11.7 Å². The van der Waals surface area contributed by atoms with E-state index in [0.29, 0.717) is 44.0 Å². The summed E-state index contributed by atoms with van der Waals surface area (Å²) in [5.74, 6) is 0.0909. The second-order valence-electron chi connectivity index (χ2n) is 10.6. The first-order chi connectivity index (χ1) is 20.3. The Hall–Kier alpha value is -4.32. The number of hydrogen-bond acceptors (Lipinski definition) is 5. The first-order valence-corrected chi connectivity index (χ1v) is 14.1. The van der Waals surface area contributed by atoms with E-state index >= 15 is 0 Å². The van der Waals surface area contributed by atoms with Gasteiger partial charge in [-0.3, -0.25) is 23.8 Å². The zero-order chi connectivity index (χ0) is 29.4. The van der Waals surface area contributed by atoms with Crippen LogP contribution in [0.1, 0.15) is 48.2 Å². The predicted molar refractivity (Wildman–Crippen MR) is 153 cm³/mol. The summed E-state index contributed by atoms with van der Waals surface area (Å²) >= 11 is 5.90. The van der Waals surface area contributed by atoms with E-state index in [1.807, 2.05) is 24.3 Å². The number of carbonyl (C=O) groups is 2. The fraction of sp³-hybridized carbons (Fsp3) is 0.345. The lowest BCUT2D eigenvalue weighted by Crippen LogP contribution is -2.39. The van der Waals surface area contributed by atoms with E-state index in [1.165, 1.54) is 6.07 Å². The highest BCUT2D eigenvalue weighted by molar-refractivity contribution is 6.30. The molecule has 0 unspecified atom stereocenters. The van der Waals surface area contributed by atoms with E-state index in [2.05, 4.69) is 20.6 Å². The van der Waals surface area contributed by atoms with Crippen molar-refractivity contribution in [3.63, 3.8) is 0 Å². The summed E-state index contributed by atoms with van der Waals surface area (Å²) in [6.45, 7) is 1.59. The minimum atomic E-state index is -2.89. The first-order valence-electron chi connectivity index (χ1n) is 13.8. The van der Waals surface area contributed by atoms with Crippen LogP contribution in [-0.4, -0.2) is 50.2 Å². The monoisotopic (exact) mass is 595 g/mol. The van der Waals surface area contributed by atoms with Crippen molar-refractivity contribution in [1.29, 1.82) is 0 Å². The van der Waals surface area contributed by atoms with Gasteiger partial charge in [0.1, 0.15) is 11.5 Å². The van der Waals surface area contributed by atoms with Gasteiger partial charge < -0.3 is 10.6 Å². The van der Waals surface area contributed by atoms with Crippen LogP contribution in [0.15, 0.2) is 59.7 Å². The van der Waals surface area contributed by atoms with E-state index in [1.54, 1.807) is 32.4 Å². The van der Waals surface area contributed by atoms with Crippen LogP contribution in [0.25, 0.3) is 16.7 Å². The van der Waals surface area contributed by atoms with Gasteiger partial charge in [-0.2, -0.15) is 0 Å². The number of carbonyl (C=O) groups excluding carboxylic acids is 2. The molecule has 10 nitrogen and oxygen atoms in total. The van der Waals surface area contributed by atoms with Crippen molar-refractivity contribution < 1.29 is 18.4 Å². The summed E-state index contributed by atoms with van der Waals surface area (Å²) in [5.41, 5.74) is 1.16. The number of fused-ring (bicyclic) bond motifs is 1. The predicted octanol–water partition coefficient (Wildman–Crippen LogP) is 4.69. The molecule has 1 aliphatic carbocycles. The zero-order valence-electron chi connectivity index (χ0n) is 22.5. The number of para-hydroxylation sites is 2. The average molecular weight is 596 g/mol. The van der Waals surface area contributed by atoms with Crippen LogP contribution in [0.5, 0.6) is 0 Å². The Morgan fingerprint density at radius 1 is 1.05 bits per heavy atom. The number of anilines is 1. The van der Waals surface area contributed by atoms with Crippen molar-refractivity contribution in [2.24, 2.45) is 5.92 Å². The molecule has 0 bridgehead atoms. The highest BCUT2D eigenvalue weighted by Gasteiger charge is 2.28. The molecule has 1 aliphatic heterocycles. The molecule has 13 heteroatoms. The normalized spacial score (nSPS) is 19.0. The molecule has 0 spiro atoms. The van der Waals surface area contributed by atoms with Gasteiger partial charge in [0.2, 0.25) is 0 Å². The number of nitrogens with zero attached hydrogens (tertiary/aromatic N) is 5. The van der Waals surface area contributed by atoms with Crippen LogP contribution < -0.4 is 21.2 Å². The van der Waals surface area contributed by atoms with Crippen LogP contribution in [0.2, 0.25) is 5.02 Å². The third kappa shape index (κ3) is 5.34. The molecule has 4 heterocycles. The number of alkyl halides is 2. The number of hydrogen-bond donors (Lipinski definition) is 2. The number of rotatable bonds is 7. The van der Waals surface area contributed by atoms with Gasteiger partial charge in [0.05, 0.1) is 33.5 Å². The van der Waals surface area contributed by atoms with Crippen molar-refractivity contribution in [3.05, 3.63) is 81.6 Å². The second-order valence-corrected chi connectivity index (χ2v) is 11.0. The van der Waals surface area contributed by atoms with Crippen LogP contribution in [0, 0.1) is 5.92 Å². The van der Waals surface area contributed by atoms with Gasteiger partial charge in [0, 0.05) is 31.9 Å². The van der Waals surface area contributed by atoms with Crippen molar-refractivity contribution in [1.82, 2.24) is 29.7 Å². The number of pyridine rings is 2. The molecule has 2 fully saturated rings. The molecule has 4 aromatic rings. The Kier molecular flexibility index (Phi) is 7.63. The van der Waals surface area contributed by atoms with Crippen molar-refractivity contribution >= 4 is 40.4 Å². The third-order valence-electron chi connectivity index (χ3n) is 7.92. The Morgan fingerprint density at radius 2 is 1.81 bits per heavy atom. The zero-order valence-corrected chi connectivity index (χ0v) is 23.2. The van der Waals surface area contributed by atoms with Gasteiger partial charge in [0.25, 0.3) is 12.3 Å². The van der Waals surface area contributed by atoms with Gasteiger partial charge in [-0.25, -0.2) is 23.4 Å². The molecule has 3 aromatic heterocycles. The Bertz CT molecular complexity index is 1700. The summed E-state index contributed by atoms with van der Waals surface area (Å²) in [4.78, 5) is 48.1. The smallest absolute Gasteiger partial charge is 0.333 e. The molecule has 1 saturated carbocycles. The van der Waals surface area contributed by atoms with Crippen LogP contribution in [0.3, 0.4) is 0 Å². The lowest BCUT2D eigenvalue weighted by atomic mass is 9.85. The van der Waals surface area contributed by atoms with E-state index in [4.69, 9.17) is 11.6 Å². The Balaban J connectivity index is 1.16. The summed E-state index contributed by atoms with van der Waals surface area (Å²) in [7, 11) is 0. The van der Waals surface area contributed by atoms with E-state index in [0.717, 1.165) is 30.1 Å². The molecular formula is C29H28ClF2N7O3. The molecule has 218 valence electrons. The molecule has 2 N–H and O–H groups in total. The summed E-state index contributed by atoms with van der Waals surface area (Å²) in [5, 5.41) is 5.72. The fourth-order valence-electron chi connectivity index (χ4n) is 5.81. The van der Waals surface area contributed by atoms with Gasteiger partial charge in [-0.05, 0) is 61.9 Å². The number of amides is 3. The number of urea groups is 1. The number of nitrogens with one attached hydrogen (secondary N) is 2. The van der Waals surface area contributed by atoms with Crippen molar-refractivity contribution in [3.8, 4) is 5.69 Å². The standard InChI is InChI=1S/C29H28ClF2N7O3/c30-18-13-21(25(26(31)32)35-14-18)27(40)36-19-7-5-17(6-8-19)16-38-22-3-1-2-4-23(22)39(29(38)42)20-9-10-24(34-15-20)37-12-11-33-28(37)41/h1-4,9-10,13-15,17,19,26H,5-8,11-12,16H2,(H,33,41)(H,36,40)/t17-,19-. The summed E-state index contributed by atoms with van der Waals surface area (Å²) < 4.78 is 30.1. The quantitative estimate of drug-likeness (QED) is 0.322. The SMILES string of the molecule is O=C(N[C@H]1CC[C@H](Cn2c(=O)n(-c3ccc(N4CCNC4=O)nc3)c3ccccc32)CC1)c1cc(Cl)cnc1C(F)F. The molecule has 1 saturated heterocycles. The maximum atomic E-state index is 13.7. The Labute approximate surface area is 244 Å². The van der Waals surface area contributed by atoms with E-state index in [-0.39, 0.29) is 34.3 Å². The first kappa shape index (κ1) is 27.8. The molecule has 6 rings (SSSR count). The number of imidazole rings is 1. The summed E-state index contributed by atoms with van der Waals surface area (Å²) in [6, 6.07) is 11.9. The molecule has 1 aromatic carbocycles. The van der Waals surface area contributed by atoms with Crippen molar-refractivity contribution in [2.45, 2.75) is 44.7 Å². The topological polar surface area (TPSA) is 114 Å². The number of benzene rings is 1. The third-order valence-corrected chi connectivity index (χ3v) is 8.13. The highest BCUT2D eigenvalue weighted by Crippen LogP contribution is 2.29. The van der Waals surface area contributed by atoms with Gasteiger partial charge in [0.15, 0.2) is 0 Å². The molecule has 0 radical (unpaired) electrons. The van der Waals surface area contributed by atoms with Crippen molar-refractivity contribution in [2.75, 3.05) is 18.0 Å². The average Bonchev–Trinajstić information content (AvgIpc) is 3.54. The molecule has 2 aliphatic rings.